The number of carbonyl (C=O) groups excluding carboxylic acids is 4. The van der Waals surface area contributed by atoms with E-state index in [-0.39, 0.29) is 29.8 Å². The zero-order valence-corrected chi connectivity index (χ0v) is 17.8. The average Bonchev–Trinajstić information content (AvgIpc) is 2.80. The van der Waals surface area contributed by atoms with E-state index in [4.69, 9.17) is 14.2 Å². The molecule has 0 radical (unpaired) electrons. The molecule has 1 aliphatic rings. The molecule has 0 aliphatic carbocycles. The van der Waals surface area contributed by atoms with Gasteiger partial charge in [-0.2, -0.15) is 0 Å². The molecule has 2 aromatic rings. The third-order valence-corrected chi connectivity index (χ3v) is 5.00. The highest BCUT2D eigenvalue weighted by Crippen LogP contribution is 2.20. The number of nitrogens with one attached hydrogen (secondary N) is 1. The van der Waals surface area contributed by atoms with E-state index >= 15 is 0 Å². The van der Waals surface area contributed by atoms with E-state index in [2.05, 4.69) is 5.32 Å². The minimum absolute atomic E-state index is 0.0773. The van der Waals surface area contributed by atoms with Gasteiger partial charge in [-0.3, -0.25) is 14.5 Å². The van der Waals surface area contributed by atoms with E-state index in [0.717, 1.165) is 5.56 Å². The van der Waals surface area contributed by atoms with Crippen LogP contribution in [0.4, 0.5) is 5.69 Å². The average molecular weight is 440 g/mol. The Hall–Kier alpha value is -3.72. The number of anilines is 1. The molecule has 0 unspecified atom stereocenters. The van der Waals surface area contributed by atoms with Gasteiger partial charge < -0.3 is 19.5 Å². The lowest BCUT2D eigenvalue weighted by molar-refractivity contribution is -0.159. The third kappa shape index (κ3) is 5.70. The third-order valence-electron chi connectivity index (χ3n) is 5.00. The van der Waals surface area contributed by atoms with E-state index in [1.54, 1.807) is 0 Å². The summed E-state index contributed by atoms with van der Waals surface area (Å²) in [7, 11) is 2.42. The number of methoxy groups -OCH3 is 2. The molecular formula is C23H24N2O7. The summed E-state index contributed by atoms with van der Waals surface area (Å²) in [5.74, 6) is -2.28. The number of esters is 3. The Kier molecular flexibility index (Phi) is 7.56. The number of cyclic esters (lactones) is 1. The van der Waals surface area contributed by atoms with Gasteiger partial charge in [-0.05, 0) is 23.8 Å². The normalized spacial score (nSPS) is 16.1. The maximum absolute atomic E-state index is 12.7. The number of morpholine rings is 1. The second-order valence-electron chi connectivity index (χ2n) is 7.17. The molecule has 168 valence electrons. The van der Waals surface area contributed by atoms with Gasteiger partial charge in [-0.15, -0.1) is 0 Å². The zero-order chi connectivity index (χ0) is 23.1. The van der Waals surface area contributed by atoms with Crippen molar-refractivity contribution in [1.29, 1.82) is 0 Å². The molecule has 1 atom stereocenters. The van der Waals surface area contributed by atoms with Crippen LogP contribution in [0.3, 0.4) is 0 Å². The number of hydrogen-bond acceptors (Lipinski definition) is 8. The minimum atomic E-state index is -0.757. The van der Waals surface area contributed by atoms with Crippen molar-refractivity contribution >= 4 is 29.5 Å². The number of carbonyl (C=O) groups is 4. The summed E-state index contributed by atoms with van der Waals surface area (Å²) >= 11 is 0. The first-order valence-electron chi connectivity index (χ1n) is 9.97. The summed E-state index contributed by atoms with van der Waals surface area (Å²) in [4.78, 5) is 50.9. The highest BCUT2D eigenvalue weighted by molar-refractivity contribution is 6.00. The van der Waals surface area contributed by atoms with E-state index < -0.39 is 29.9 Å². The molecule has 0 saturated carbocycles. The van der Waals surface area contributed by atoms with Gasteiger partial charge in [0.25, 0.3) is 0 Å². The van der Waals surface area contributed by atoms with Crippen LogP contribution in [0.25, 0.3) is 0 Å². The summed E-state index contributed by atoms with van der Waals surface area (Å²) in [6.45, 7) is 1.26. The topological polar surface area (TPSA) is 111 Å². The van der Waals surface area contributed by atoms with Crippen molar-refractivity contribution in [1.82, 2.24) is 4.90 Å². The van der Waals surface area contributed by atoms with E-state index in [1.165, 1.54) is 32.4 Å². The molecule has 0 spiro atoms. The molecule has 32 heavy (non-hydrogen) atoms. The van der Waals surface area contributed by atoms with Gasteiger partial charge in [-0.25, -0.2) is 9.59 Å². The van der Waals surface area contributed by atoms with Crippen LogP contribution in [0, 0.1) is 0 Å². The summed E-state index contributed by atoms with van der Waals surface area (Å²) in [6.07, 6.45) is -0.151. The Bertz CT molecular complexity index is 972. The lowest BCUT2D eigenvalue weighted by atomic mass is 10.1. The van der Waals surface area contributed by atoms with Crippen LogP contribution in [0.2, 0.25) is 0 Å². The predicted molar refractivity (Wildman–Crippen MR) is 114 cm³/mol. The van der Waals surface area contributed by atoms with Crippen LogP contribution in [0.5, 0.6) is 0 Å². The van der Waals surface area contributed by atoms with Gasteiger partial charge in [0.1, 0.15) is 12.6 Å². The van der Waals surface area contributed by atoms with E-state index in [9.17, 15) is 19.2 Å². The number of amides is 1. The first kappa shape index (κ1) is 23.0. The lowest BCUT2D eigenvalue weighted by Gasteiger charge is -2.33. The Morgan fingerprint density at radius 3 is 2.25 bits per heavy atom. The fourth-order valence-corrected chi connectivity index (χ4v) is 3.44. The molecule has 1 heterocycles. The van der Waals surface area contributed by atoms with Crippen molar-refractivity contribution in [3.8, 4) is 0 Å². The summed E-state index contributed by atoms with van der Waals surface area (Å²) in [6, 6.07) is 12.9. The molecule has 1 amide bonds. The molecule has 9 nitrogen and oxygen atoms in total. The van der Waals surface area contributed by atoms with Crippen molar-refractivity contribution in [3.63, 3.8) is 0 Å². The summed E-state index contributed by atoms with van der Waals surface area (Å²) < 4.78 is 14.6. The Morgan fingerprint density at radius 1 is 1.03 bits per heavy atom. The van der Waals surface area contributed by atoms with Crippen LogP contribution in [0.15, 0.2) is 48.5 Å². The van der Waals surface area contributed by atoms with Crippen molar-refractivity contribution in [2.75, 3.05) is 32.7 Å². The number of benzene rings is 2. The number of nitrogens with zero attached hydrogens (tertiary/aromatic N) is 1. The monoisotopic (exact) mass is 440 g/mol. The van der Waals surface area contributed by atoms with Gasteiger partial charge in [0.15, 0.2) is 0 Å². The van der Waals surface area contributed by atoms with Crippen LogP contribution in [-0.2, 0) is 30.3 Å². The Balaban J connectivity index is 1.76. The first-order chi connectivity index (χ1) is 15.4. The maximum atomic E-state index is 12.7. The van der Waals surface area contributed by atoms with E-state index in [1.807, 2.05) is 35.2 Å². The second kappa shape index (κ2) is 10.5. The molecule has 0 bridgehead atoms. The van der Waals surface area contributed by atoms with Crippen molar-refractivity contribution in [2.45, 2.75) is 19.0 Å². The fourth-order valence-electron chi connectivity index (χ4n) is 3.44. The first-order valence-corrected chi connectivity index (χ1v) is 9.97. The quantitative estimate of drug-likeness (QED) is 0.514. The van der Waals surface area contributed by atoms with Gasteiger partial charge in [-0.1, -0.05) is 30.3 Å². The Morgan fingerprint density at radius 2 is 1.66 bits per heavy atom. The van der Waals surface area contributed by atoms with E-state index in [0.29, 0.717) is 13.1 Å². The van der Waals surface area contributed by atoms with Crippen LogP contribution >= 0.6 is 0 Å². The molecule has 1 fully saturated rings. The van der Waals surface area contributed by atoms with Crippen LogP contribution in [0.1, 0.15) is 32.7 Å². The second-order valence-corrected chi connectivity index (χ2v) is 7.17. The van der Waals surface area contributed by atoms with Crippen molar-refractivity contribution in [3.05, 3.63) is 65.2 Å². The molecular weight excluding hydrogens is 416 g/mol. The zero-order valence-electron chi connectivity index (χ0n) is 17.8. The smallest absolute Gasteiger partial charge is 0.337 e. The summed E-state index contributed by atoms with van der Waals surface area (Å²) in [5.41, 5.74) is 1.38. The Labute approximate surface area is 185 Å². The molecule has 2 aromatic carbocycles. The van der Waals surface area contributed by atoms with Crippen LogP contribution in [-0.4, -0.2) is 62.1 Å². The SMILES string of the molecule is COC(=O)c1cc(NC(=O)C[C@H]2C(=O)OCCN2Cc2ccccc2)cc(C(=O)OC)c1. The largest absolute Gasteiger partial charge is 0.465 e. The summed E-state index contributed by atoms with van der Waals surface area (Å²) in [5, 5.41) is 2.64. The molecule has 1 saturated heterocycles. The lowest BCUT2D eigenvalue weighted by Crippen LogP contribution is -2.49. The number of hydrogen-bond donors (Lipinski definition) is 1. The minimum Gasteiger partial charge on any atom is -0.465 e. The van der Waals surface area contributed by atoms with Crippen LogP contribution < -0.4 is 5.32 Å². The molecule has 9 heteroatoms. The standard InChI is InChI=1S/C23H24N2O7/c1-30-21(27)16-10-17(22(28)31-2)12-18(11-16)24-20(26)13-19-23(29)32-9-8-25(19)14-15-6-4-3-5-7-15/h3-7,10-12,19H,8-9,13-14H2,1-2H3,(H,24,26)/t19-/m0/s1. The highest BCUT2D eigenvalue weighted by atomic mass is 16.5. The fraction of sp³-hybridized carbons (Fsp3) is 0.304. The molecule has 1 aliphatic heterocycles. The maximum Gasteiger partial charge on any atom is 0.337 e. The molecule has 3 rings (SSSR count). The predicted octanol–water partition coefficient (Wildman–Crippen LogP) is 2.02. The highest BCUT2D eigenvalue weighted by Gasteiger charge is 2.33. The molecule has 1 N–H and O–H groups in total. The van der Waals surface area contributed by atoms with Gasteiger partial charge in [0.05, 0.1) is 31.8 Å². The van der Waals surface area contributed by atoms with Gasteiger partial charge in [0.2, 0.25) is 5.91 Å². The van der Waals surface area contributed by atoms with Crippen molar-refractivity contribution < 1.29 is 33.4 Å². The van der Waals surface area contributed by atoms with Gasteiger partial charge >= 0.3 is 17.9 Å². The number of rotatable bonds is 7. The van der Waals surface area contributed by atoms with Crippen molar-refractivity contribution in [2.24, 2.45) is 0 Å². The molecule has 0 aromatic heterocycles. The number of ether oxygens (including phenoxy) is 3. The van der Waals surface area contributed by atoms with Gasteiger partial charge in [0, 0.05) is 18.8 Å².